The largest absolute Gasteiger partial charge is 0.468 e. The fraction of sp³-hybridized carbons (Fsp3) is 0.400. The van der Waals surface area contributed by atoms with Gasteiger partial charge in [0.25, 0.3) is 5.91 Å². The van der Waals surface area contributed by atoms with E-state index in [2.05, 4.69) is 29.5 Å². The molecular weight excluding hydrogens is 420 g/mol. The number of hydrogen-bond acceptors (Lipinski definition) is 5. The highest BCUT2D eigenvalue weighted by Crippen LogP contribution is 2.32. The number of fused-ring (bicyclic) bond motifs is 1. The fourth-order valence-corrected chi connectivity index (χ4v) is 4.62. The molecule has 0 saturated carbocycles. The number of allylic oxidation sites excluding steroid dienone is 2. The van der Waals surface area contributed by atoms with Crippen LogP contribution in [0.15, 0.2) is 59.2 Å². The molecule has 0 bridgehead atoms. The molecule has 3 atom stereocenters. The molecule has 8 nitrogen and oxygen atoms in total. The molecule has 1 aliphatic carbocycles. The molecule has 3 amide bonds. The average Bonchev–Trinajstić information content (AvgIpc) is 3.38. The van der Waals surface area contributed by atoms with E-state index in [4.69, 9.17) is 4.42 Å². The highest BCUT2D eigenvalue weighted by Gasteiger charge is 2.42. The first-order valence-electron chi connectivity index (χ1n) is 11.5. The van der Waals surface area contributed by atoms with E-state index in [1.54, 1.807) is 30.5 Å². The SMILES string of the molecule is CCN(CC)C(CNC(=O)c1cccc(N2NC(=O)C3CC=CCC3C2=O)c1)c1ccco1. The summed E-state index contributed by atoms with van der Waals surface area (Å²) in [5.74, 6) is -0.478. The van der Waals surface area contributed by atoms with E-state index < -0.39 is 0 Å². The van der Waals surface area contributed by atoms with E-state index in [-0.39, 0.29) is 35.6 Å². The van der Waals surface area contributed by atoms with Gasteiger partial charge in [-0.25, -0.2) is 5.01 Å². The van der Waals surface area contributed by atoms with Gasteiger partial charge < -0.3 is 9.73 Å². The summed E-state index contributed by atoms with van der Waals surface area (Å²) in [6, 6.07) is 10.4. The molecule has 2 aromatic rings. The number of hydrazine groups is 1. The Balaban J connectivity index is 1.48. The highest BCUT2D eigenvalue weighted by atomic mass is 16.3. The van der Waals surface area contributed by atoms with E-state index in [0.717, 1.165) is 18.8 Å². The van der Waals surface area contributed by atoms with Crippen molar-refractivity contribution in [2.45, 2.75) is 32.7 Å². The predicted octanol–water partition coefficient (Wildman–Crippen LogP) is 3.05. The number of carbonyl (C=O) groups is 3. The standard InChI is InChI=1S/C25H30N4O4/c1-3-28(4-2)21(22-13-8-14-33-22)16-26-23(30)17-9-7-10-18(15-17)29-25(32)20-12-6-5-11-19(20)24(31)27-29/h5-10,13-15,19-21H,3-4,11-12,16H2,1-2H3,(H,26,30)(H,27,31). The summed E-state index contributed by atoms with van der Waals surface area (Å²) in [6.45, 7) is 6.17. The third-order valence-corrected chi connectivity index (χ3v) is 6.48. The van der Waals surface area contributed by atoms with Crippen LogP contribution in [0, 0.1) is 11.8 Å². The number of carbonyl (C=O) groups excluding carboxylic acids is 3. The minimum atomic E-state index is -0.371. The zero-order valence-electron chi connectivity index (χ0n) is 19.0. The van der Waals surface area contributed by atoms with Gasteiger partial charge in [0.05, 0.1) is 29.8 Å². The van der Waals surface area contributed by atoms with Gasteiger partial charge in [0.15, 0.2) is 0 Å². The lowest BCUT2D eigenvalue weighted by atomic mass is 9.80. The molecule has 2 heterocycles. The summed E-state index contributed by atoms with van der Waals surface area (Å²) in [5, 5.41) is 4.27. The van der Waals surface area contributed by atoms with Crippen LogP contribution in [0.2, 0.25) is 0 Å². The highest BCUT2D eigenvalue weighted by molar-refractivity contribution is 6.05. The van der Waals surface area contributed by atoms with Gasteiger partial charge in [-0.2, -0.15) is 0 Å². The normalized spacial score (nSPS) is 21.0. The zero-order valence-corrected chi connectivity index (χ0v) is 19.0. The van der Waals surface area contributed by atoms with E-state index in [0.29, 0.717) is 30.6 Å². The minimum Gasteiger partial charge on any atom is -0.468 e. The second kappa shape index (κ2) is 10.0. The Morgan fingerprint density at radius 3 is 2.61 bits per heavy atom. The molecule has 1 aromatic carbocycles. The van der Waals surface area contributed by atoms with Gasteiger partial charge >= 0.3 is 0 Å². The maximum atomic E-state index is 13.0. The van der Waals surface area contributed by atoms with Gasteiger partial charge in [0, 0.05) is 12.1 Å². The van der Waals surface area contributed by atoms with Crippen LogP contribution in [0.4, 0.5) is 5.69 Å². The Labute approximate surface area is 193 Å². The van der Waals surface area contributed by atoms with Gasteiger partial charge in [-0.1, -0.05) is 32.1 Å². The summed E-state index contributed by atoms with van der Waals surface area (Å²) in [4.78, 5) is 40.8. The molecule has 1 saturated heterocycles. The molecule has 0 spiro atoms. The molecule has 1 aromatic heterocycles. The number of hydrogen-bond donors (Lipinski definition) is 2. The molecule has 0 radical (unpaired) electrons. The van der Waals surface area contributed by atoms with Gasteiger partial charge in [-0.15, -0.1) is 0 Å². The second-order valence-corrected chi connectivity index (χ2v) is 8.32. The van der Waals surface area contributed by atoms with Crippen LogP contribution in [0.5, 0.6) is 0 Å². The third-order valence-electron chi connectivity index (χ3n) is 6.48. The van der Waals surface area contributed by atoms with Crippen molar-refractivity contribution in [1.29, 1.82) is 0 Å². The van der Waals surface area contributed by atoms with E-state index >= 15 is 0 Å². The van der Waals surface area contributed by atoms with Crippen LogP contribution in [-0.4, -0.2) is 42.3 Å². The number of likely N-dealkylation sites (N-methyl/N-ethyl adjacent to an activating group) is 1. The molecule has 4 rings (SSSR count). The number of rotatable bonds is 8. The van der Waals surface area contributed by atoms with Gasteiger partial charge in [0.2, 0.25) is 11.8 Å². The van der Waals surface area contributed by atoms with Crippen LogP contribution >= 0.6 is 0 Å². The first-order chi connectivity index (χ1) is 16.0. The fourth-order valence-electron chi connectivity index (χ4n) is 4.62. The van der Waals surface area contributed by atoms with Crippen molar-refractivity contribution < 1.29 is 18.8 Å². The molecule has 8 heteroatoms. The van der Waals surface area contributed by atoms with Crippen LogP contribution in [-0.2, 0) is 9.59 Å². The van der Waals surface area contributed by atoms with E-state index in [1.807, 2.05) is 24.3 Å². The Kier molecular flexibility index (Phi) is 6.93. The van der Waals surface area contributed by atoms with Gasteiger partial charge in [0.1, 0.15) is 5.76 Å². The molecule has 2 N–H and O–H groups in total. The lowest BCUT2D eigenvalue weighted by molar-refractivity contribution is -0.139. The number of nitrogens with zero attached hydrogens (tertiary/aromatic N) is 2. The second-order valence-electron chi connectivity index (χ2n) is 8.32. The van der Waals surface area contributed by atoms with Crippen molar-refractivity contribution in [3.05, 3.63) is 66.1 Å². The van der Waals surface area contributed by atoms with E-state index in [9.17, 15) is 14.4 Å². The van der Waals surface area contributed by atoms with E-state index in [1.165, 1.54) is 5.01 Å². The van der Waals surface area contributed by atoms with Crippen molar-refractivity contribution in [2.75, 3.05) is 24.6 Å². The summed E-state index contributed by atoms with van der Waals surface area (Å²) in [6.07, 6.45) is 6.65. The van der Waals surface area contributed by atoms with Crippen molar-refractivity contribution >= 4 is 23.4 Å². The minimum absolute atomic E-state index is 0.0821. The van der Waals surface area contributed by atoms with Gasteiger partial charge in [-0.3, -0.25) is 24.7 Å². The Morgan fingerprint density at radius 1 is 1.15 bits per heavy atom. The summed E-state index contributed by atoms with van der Waals surface area (Å²) >= 11 is 0. The van der Waals surface area contributed by atoms with Crippen LogP contribution < -0.4 is 15.8 Å². The van der Waals surface area contributed by atoms with Crippen molar-refractivity contribution in [2.24, 2.45) is 11.8 Å². The van der Waals surface area contributed by atoms with Crippen LogP contribution in [0.3, 0.4) is 0 Å². The lowest BCUT2D eigenvalue weighted by Crippen LogP contribution is -2.59. The third kappa shape index (κ3) is 4.71. The first kappa shape index (κ1) is 22.8. The summed E-state index contributed by atoms with van der Waals surface area (Å²) in [7, 11) is 0. The zero-order chi connectivity index (χ0) is 23.4. The molecule has 2 aliphatic rings. The van der Waals surface area contributed by atoms with Crippen molar-refractivity contribution in [3.63, 3.8) is 0 Å². The van der Waals surface area contributed by atoms with Crippen molar-refractivity contribution in [1.82, 2.24) is 15.6 Å². The monoisotopic (exact) mass is 450 g/mol. The summed E-state index contributed by atoms with van der Waals surface area (Å²) in [5.41, 5.74) is 3.59. The molecule has 3 unspecified atom stereocenters. The number of nitrogens with one attached hydrogen (secondary N) is 2. The van der Waals surface area contributed by atoms with Crippen LogP contribution in [0.1, 0.15) is 48.8 Å². The Morgan fingerprint density at radius 2 is 1.91 bits per heavy atom. The number of benzene rings is 1. The topological polar surface area (TPSA) is 94.9 Å². The average molecular weight is 451 g/mol. The molecular formula is C25H30N4O4. The molecule has 174 valence electrons. The molecule has 33 heavy (non-hydrogen) atoms. The predicted molar refractivity (Wildman–Crippen MR) is 124 cm³/mol. The number of furan rings is 1. The van der Waals surface area contributed by atoms with Crippen LogP contribution in [0.25, 0.3) is 0 Å². The maximum Gasteiger partial charge on any atom is 0.251 e. The summed E-state index contributed by atoms with van der Waals surface area (Å²) < 4.78 is 5.60. The quantitative estimate of drug-likeness (QED) is 0.603. The maximum absolute atomic E-state index is 13.0. The Hall–Kier alpha value is -3.39. The van der Waals surface area contributed by atoms with Gasteiger partial charge in [-0.05, 0) is 56.3 Å². The first-order valence-corrected chi connectivity index (χ1v) is 11.5. The smallest absolute Gasteiger partial charge is 0.251 e. The molecule has 1 aliphatic heterocycles. The van der Waals surface area contributed by atoms with Crippen molar-refractivity contribution in [3.8, 4) is 0 Å². The number of anilines is 1. The number of amides is 3. The lowest BCUT2D eigenvalue weighted by Gasteiger charge is -2.38. The molecule has 1 fully saturated rings. The Bertz CT molecular complexity index is 1030.